The van der Waals surface area contributed by atoms with Crippen molar-refractivity contribution in [3.05, 3.63) is 52.3 Å². The number of aromatic nitrogens is 2. The molecule has 0 unspecified atom stereocenters. The van der Waals surface area contributed by atoms with Crippen LogP contribution in [0.25, 0.3) is 0 Å². The van der Waals surface area contributed by atoms with Crippen molar-refractivity contribution in [2.75, 3.05) is 13.1 Å². The van der Waals surface area contributed by atoms with E-state index in [1.165, 1.54) is 5.56 Å². The summed E-state index contributed by atoms with van der Waals surface area (Å²) in [5.41, 5.74) is 4.42. The second-order valence-corrected chi connectivity index (χ2v) is 6.87. The molecule has 1 aliphatic heterocycles. The Bertz CT molecular complexity index is 780. The molecule has 1 aliphatic rings. The summed E-state index contributed by atoms with van der Waals surface area (Å²) in [4.78, 5) is 26.8. The van der Waals surface area contributed by atoms with E-state index < -0.39 is 0 Å². The van der Waals surface area contributed by atoms with Crippen LogP contribution in [0.2, 0.25) is 0 Å². The Morgan fingerprint density at radius 3 is 2.77 bits per heavy atom. The monoisotopic (exact) mass is 354 g/mol. The average Bonchev–Trinajstić information content (AvgIpc) is 3.07. The minimum absolute atomic E-state index is 0.0815. The number of fused-ring (bicyclic) bond motifs is 1. The van der Waals surface area contributed by atoms with Gasteiger partial charge in [0.15, 0.2) is 5.69 Å². The molecule has 0 saturated carbocycles. The minimum atomic E-state index is -0.163. The first-order valence-corrected chi connectivity index (χ1v) is 9.26. The first-order chi connectivity index (χ1) is 12.6. The highest BCUT2D eigenvalue weighted by Crippen LogP contribution is 2.21. The van der Waals surface area contributed by atoms with Gasteiger partial charge in [0.05, 0.1) is 6.42 Å². The van der Waals surface area contributed by atoms with E-state index >= 15 is 0 Å². The summed E-state index contributed by atoms with van der Waals surface area (Å²) in [6.07, 6.45) is 3.05. The molecular formula is C20H26N4O2. The van der Waals surface area contributed by atoms with Gasteiger partial charge < -0.3 is 10.2 Å². The maximum Gasteiger partial charge on any atom is 0.272 e. The molecule has 0 aliphatic carbocycles. The Hall–Kier alpha value is -2.63. The maximum atomic E-state index is 12.7. The quantitative estimate of drug-likeness (QED) is 0.782. The van der Waals surface area contributed by atoms with Crippen molar-refractivity contribution in [3.8, 4) is 0 Å². The predicted molar refractivity (Wildman–Crippen MR) is 99.8 cm³/mol. The lowest BCUT2D eigenvalue weighted by Crippen LogP contribution is -2.37. The van der Waals surface area contributed by atoms with Crippen molar-refractivity contribution in [3.63, 3.8) is 0 Å². The molecule has 0 bridgehead atoms. The van der Waals surface area contributed by atoms with Crippen LogP contribution >= 0.6 is 0 Å². The van der Waals surface area contributed by atoms with Gasteiger partial charge in [-0.25, -0.2) is 0 Å². The maximum absolute atomic E-state index is 12.7. The lowest BCUT2D eigenvalue weighted by atomic mass is 10.0. The van der Waals surface area contributed by atoms with Gasteiger partial charge >= 0.3 is 0 Å². The third-order valence-electron chi connectivity index (χ3n) is 4.79. The molecule has 0 radical (unpaired) electrons. The van der Waals surface area contributed by atoms with Crippen LogP contribution < -0.4 is 5.32 Å². The standard InChI is InChI=1S/C20H26N4O2/c1-3-4-10-21-20(26)19-16-13-24(11-9-17(16)22-23-19)18(25)12-15-7-5-14(2)6-8-15/h5-8H,3-4,9-13H2,1-2H3,(H,21,26)(H,22,23). The number of aryl methyl sites for hydroxylation is 1. The molecule has 6 heteroatoms. The number of rotatable bonds is 6. The van der Waals surface area contributed by atoms with Crippen LogP contribution in [0.15, 0.2) is 24.3 Å². The fourth-order valence-electron chi connectivity index (χ4n) is 3.15. The molecule has 2 N–H and O–H groups in total. The molecule has 0 fully saturated rings. The summed E-state index contributed by atoms with van der Waals surface area (Å²) in [5.74, 6) is -0.0816. The summed E-state index contributed by atoms with van der Waals surface area (Å²) in [6, 6.07) is 8.03. The number of unbranched alkanes of at least 4 members (excludes halogenated alkanes) is 1. The van der Waals surface area contributed by atoms with Gasteiger partial charge in [0.2, 0.25) is 5.91 Å². The van der Waals surface area contributed by atoms with Crippen molar-refractivity contribution in [1.82, 2.24) is 20.4 Å². The van der Waals surface area contributed by atoms with Gasteiger partial charge in [0.1, 0.15) is 0 Å². The molecule has 2 aromatic rings. The molecule has 138 valence electrons. The highest BCUT2D eigenvalue weighted by molar-refractivity contribution is 5.94. The fourth-order valence-corrected chi connectivity index (χ4v) is 3.15. The third-order valence-corrected chi connectivity index (χ3v) is 4.79. The van der Waals surface area contributed by atoms with E-state index in [9.17, 15) is 9.59 Å². The Labute approximate surface area is 154 Å². The van der Waals surface area contributed by atoms with Gasteiger partial charge in [0, 0.05) is 37.3 Å². The number of hydrogen-bond donors (Lipinski definition) is 2. The van der Waals surface area contributed by atoms with Crippen LogP contribution in [0, 0.1) is 6.92 Å². The highest BCUT2D eigenvalue weighted by atomic mass is 16.2. The lowest BCUT2D eigenvalue weighted by Gasteiger charge is -2.27. The number of carbonyl (C=O) groups excluding carboxylic acids is 2. The number of nitrogens with one attached hydrogen (secondary N) is 2. The van der Waals surface area contributed by atoms with E-state index in [0.717, 1.165) is 29.7 Å². The molecule has 0 spiro atoms. The number of benzene rings is 1. The number of carbonyl (C=O) groups is 2. The molecule has 26 heavy (non-hydrogen) atoms. The van der Waals surface area contributed by atoms with Gasteiger partial charge in [-0.15, -0.1) is 0 Å². The number of amides is 2. The number of aromatic amines is 1. The molecule has 3 rings (SSSR count). The van der Waals surface area contributed by atoms with Gasteiger partial charge in [0.25, 0.3) is 5.91 Å². The molecule has 2 amide bonds. The van der Waals surface area contributed by atoms with Crippen LogP contribution in [0.3, 0.4) is 0 Å². The smallest absolute Gasteiger partial charge is 0.272 e. The number of hydrogen-bond acceptors (Lipinski definition) is 3. The van der Waals surface area contributed by atoms with Crippen molar-refractivity contribution in [2.24, 2.45) is 0 Å². The van der Waals surface area contributed by atoms with Crippen molar-refractivity contribution in [1.29, 1.82) is 0 Å². The normalized spacial score (nSPS) is 13.4. The molecule has 1 aromatic heterocycles. The minimum Gasteiger partial charge on any atom is -0.351 e. The Balaban J connectivity index is 1.66. The van der Waals surface area contributed by atoms with Crippen molar-refractivity contribution in [2.45, 2.75) is 46.1 Å². The van der Waals surface area contributed by atoms with E-state index in [2.05, 4.69) is 22.4 Å². The largest absolute Gasteiger partial charge is 0.351 e. The van der Waals surface area contributed by atoms with E-state index in [1.807, 2.05) is 36.1 Å². The SMILES string of the molecule is CCCCNC(=O)c1n[nH]c2c1CN(C(=O)Cc1ccc(C)cc1)CC2. The topological polar surface area (TPSA) is 78.1 Å². The zero-order valence-electron chi connectivity index (χ0n) is 15.5. The lowest BCUT2D eigenvalue weighted by molar-refractivity contribution is -0.131. The molecule has 6 nitrogen and oxygen atoms in total. The fraction of sp³-hybridized carbons (Fsp3) is 0.450. The first-order valence-electron chi connectivity index (χ1n) is 9.26. The van der Waals surface area contributed by atoms with E-state index in [-0.39, 0.29) is 11.8 Å². The van der Waals surface area contributed by atoms with Crippen molar-refractivity contribution >= 4 is 11.8 Å². The van der Waals surface area contributed by atoms with Crippen molar-refractivity contribution < 1.29 is 9.59 Å². The van der Waals surface area contributed by atoms with E-state index in [4.69, 9.17) is 0 Å². The molecule has 0 saturated heterocycles. The summed E-state index contributed by atoms with van der Waals surface area (Å²) in [5, 5.41) is 10.1. The van der Waals surface area contributed by atoms with Crippen LogP contribution in [0.4, 0.5) is 0 Å². The van der Waals surface area contributed by atoms with Gasteiger partial charge in [-0.2, -0.15) is 5.10 Å². The third kappa shape index (κ3) is 4.12. The molecule has 0 atom stereocenters. The zero-order valence-corrected chi connectivity index (χ0v) is 15.5. The van der Waals surface area contributed by atoms with Crippen LogP contribution in [0.1, 0.15) is 52.6 Å². The summed E-state index contributed by atoms with van der Waals surface area (Å²) in [7, 11) is 0. The summed E-state index contributed by atoms with van der Waals surface area (Å²) >= 11 is 0. The zero-order chi connectivity index (χ0) is 18.5. The second kappa shape index (κ2) is 8.17. The second-order valence-electron chi connectivity index (χ2n) is 6.87. The van der Waals surface area contributed by atoms with E-state index in [0.29, 0.717) is 38.2 Å². The van der Waals surface area contributed by atoms with Gasteiger partial charge in [-0.05, 0) is 18.9 Å². The van der Waals surface area contributed by atoms with Crippen LogP contribution in [-0.4, -0.2) is 40.0 Å². The molecular weight excluding hydrogens is 328 g/mol. The van der Waals surface area contributed by atoms with Crippen LogP contribution in [-0.2, 0) is 24.2 Å². The number of H-pyrrole nitrogens is 1. The van der Waals surface area contributed by atoms with E-state index in [1.54, 1.807) is 0 Å². The Morgan fingerprint density at radius 2 is 2.04 bits per heavy atom. The Morgan fingerprint density at radius 1 is 1.27 bits per heavy atom. The number of nitrogens with zero attached hydrogens (tertiary/aromatic N) is 2. The van der Waals surface area contributed by atoms with Crippen LogP contribution in [0.5, 0.6) is 0 Å². The average molecular weight is 354 g/mol. The highest BCUT2D eigenvalue weighted by Gasteiger charge is 2.27. The predicted octanol–water partition coefficient (Wildman–Crippen LogP) is 2.38. The molecule has 2 heterocycles. The Kier molecular flexibility index (Phi) is 5.71. The summed E-state index contributed by atoms with van der Waals surface area (Å²) in [6.45, 7) is 5.85. The van der Waals surface area contributed by atoms with Gasteiger partial charge in [-0.3, -0.25) is 14.7 Å². The van der Waals surface area contributed by atoms with Gasteiger partial charge in [-0.1, -0.05) is 43.2 Å². The molecule has 1 aromatic carbocycles. The first kappa shape index (κ1) is 18.2. The summed E-state index contributed by atoms with van der Waals surface area (Å²) < 4.78 is 0.